The highest BCUT2D eigenvalue weighted by Gasteiger charge is 2.20. The van der Waals surface area contributed by atoms with Crippen molar-refractivity contribution in [3.8, 4) is 11.5 Å². The Morgan fingerprint density at radius 2 is 1.90 bits per heavy atom. The molecule has 0 heterocycles. The van der Waals surface area contributed by atoms with Crippen LogP contribution in [0.2, 0.25) is 0 Å². The van der Waals surface area contributed by atoms with Crippen molar-refractivity contribution in [3.05, 3.63) is 59.7 Å². The molecule has 4 nitrogen and oxygen atoms in total. The molecule has 0 bridgehead atoms. The molecule has 0 fully saturated rings. The topological polar surface area (TPSA) is 66.8 Å². The maximum Gasteiger partial charge on any atom is 0.311 e. The summed E-state index contributed by atoms with van der Waals surface area (Å²) in [4.78, 5) is 11.4. The fraction of sp³-hybridized carbons (Fsp3) is 0.188. The first kappa shape index (κ1) is 13.9. The Hall–Kier alpha value is -2.49. The zero-order valence-corrected chi connectivity index (χ0v) is 11.1. The molecule has 0 saturated heterocycles. The number of ether oxygens (including phenoxy) is 1. The van der Waals surface area contributed by atoms with Crippen molar-refractivity contribution in [3.63, 3.8) is 0 Å². The van der Waals surface area contributed by atoms with Crippen LogP contribution in [0, 0.1) is 0 Å². The molecule has 0 amide bonds. The van der Waals surface area contributed by atoms with Gasteiger partial charge >= 0.3 is 5.97 Å². The highest BCUT2D eigenvalue weighted by molar-refractivity contribution is 5.76. The number of rotatable bonds is 5. The van der Waals surface area contributed by atoms with Crippen LogP contribution < -0.4 is 4.74 Å². The highest BCUT2D eigenvalue weighted by atomic mass is 16.5. The summed E-state index contributed by atoms with van der Waals surface area (Å²) >= 11 is 0. The third-order valence-electron chi connectivity index (χ3n) is 3.17. The predicted molar refractivity (Wildman–Crippen MR) is 75.2 cm³/mol. The second-order valence-electron chi connectivity index (χ2n) is 4.54. The number of phenolic OH excluding ortho intramolecular Hbond substituents is 1. The quantitative estimate of drug-likeness (QED) is 0.878. The van der Waals surface area contributed by atoms with Crippen LogP contribution in [-0.4, -0.2) is 23.3 Å². The lowest BCUT2D eigenvalue weighted by Crippen LogP contribution is -2.14. The van der Waals surface area contributed by atoms with Crippen LogP contribution in [0.25, 0.3) is 0 Å². The molecular weight excluding hydrogens is 256 g/mol. The first-order valence-corrected chi connectivity index (χ1v) is 6.25. The van der Waals surface area contributed by atoms with Gasteiger partial charge in [0, 0.05) is 0 Å². The van der Waals surface area contributed by atoms with Gasteiger partial charge < -0.3 is 14.9 Å². The number of benzene rings is 2. The third kappa shape index (κ3) is 3.29. The van der Waals surface area contributed by atoms with Gasteiger partial charge in [-0.1, -0.05) is 24.3 Å². The fourth-order valence-electron chi connectivity index (χ4n) is 2.09. The van der Waals surface area contributed by atoms with Gasteiger partial charge in [-0.25, -0.2) is 0 Å². The summed E-state index contributed by atoms with van der Waals surface area (Å²) in [5, 5.41) is 18.7. The zero-order valence-electron chi connectivity index (χ0n) is 11.1. The molecule has 1 unspecified atom stereocenters. The van der Waals surface area contributed by atoms with E-state index in [4.69, 9.17) is 4.74 Å². The van der Waals surface area contributed by atoms with E-state index in [1.807, 2.05) is 24.3 Å². The lowest BCUT2D eigenvalue weighted by atomic mass is 9.92. The summed E-state index contributed by atoms with van der Waals surface area (Å²) < 4.78 is 5.14. The number of carboxylic acids is 1. The van der Waals surface area contributed by atoms with Crippen LogP contribution in [0.1, 0.15) is 17.0 Å². The molecule has 0 radical (unpaired) electrons. The Balaban J connectivity index is 2.25. The van der Waals surface area contributed by atoms with Crippen molar-refractivity contribution in [2.24, 2.45) is 0 Å². The predicted octanol–water partition coefficient (Wildman–Crippen LogP) is 2.81. The Morgan fingerprint density at radius 1 is 1.20 bits per heavy atom. The average Bonchev–Trinajstić information content (AvgIpc) is 2.46. The molecule has 0 aliphatic carbocycles. The Labute approximate surface area is 117 Å². The molecule has 2 aromatic carbocycles. The Bertz CT molecular complexity index is 590. The van der Waals surface area contributed by atoms with Gasteiger partial charge in [-0.2, -0.15) is 0 Å². The van der Waals surface area contributed by atoms with Crippen molar-refractivity contribution >= 4 is 5.97 Å². The first-order valence-electron chi connectivity index (χ1n) is 6.25. The van der Waals surface area contributed by atoms with Crippen molar-refractivity contribution in [1.82, 2.24) is 0 Å². The lowest BCUT2D eigenvalue weighted by molar-refractivity contribution is -0.138. The van der Waals surface area contributed by atoms with E-state index in [0.717, 1.165) is 5.56 Å². The summed E-state index contributed by atoms with van der Waals surface area (Å²) in [6.45, 7) is 0. The molecule has 2 N–H and O–H groups in total. The molecule has 0 saturated carbocycles. The van der Waals surface area contributed by atoms with Gasteiger partial charge in [0.2, 0.25) is 0 Å². The second kappa shape index (κ2) is 6.10. The number of hydrogen-bond acceptors (Lipinski definition) is 3. The van der Waals surface area contributed by atoms with Crippen LogP contribution in [0.5, 0.6) is 11.5 Å². The molecular formula is C16H16O4. The molecule has 0 aromatic heterocycles. The average molecular weight is 272 g/mol. The number of aromatic hydroxyl groups is 1. The smallest absolute Gasteiger partial charge is 0.311 e. The van der Waals surface area contributed by atoms with Crippen LogP contribution >= 0.6 is 0 Å². The SMILES string of the molecule is COc1cccc(CC(C(=O)O)c2ccc(O)cc2)c1. The standard InChI is InChI=1S/C16H16O4/c1-20-14-4-2-3-11(9-14)10-15(16(18)19)12-5-7-13(17)8-6-12/h2-9,15,17H,10H2,1H3,(H,18,19). The maximum absolute atomic E-state index is 11.4. The summed E-state index contributed by atoms with van der Waals surface area (Å²) in [5.74, 6) is -0.710. The minimum Gasteiger partial charge on any atom is -0.508 e. The van der Waals surface area contributed by atoms with Crippen molar-refractivity contribution < 1.29 is 19.7 Å². The van der Waals surface area contributed by atoms with E-state index in [-0.39, 0.29) is 5.75 Å². The molecule has 20 heavy (non-hydrogen) atoms. The first-order chi connectivity index (χ1) is 9.60. The van der Waals surface area contributed by atoms with Crippen LogP contribution in [0.4, 0.5) is 0 Å². The van der Waals surface area contributed by atoms with Gasteiger partial charge in [0.1, 0.15) is 11.5 Å². The molecule has 2 aromatic rings. The minimum atomic E-state index is -0.890. The normalized spacial score (nSPS) is 11.8. The van der Waals surface area contributed by atoms with E-state index >= 15 is 0 Å². The van der Waals surface area contributed by atoms with Gasteiger partial charge in [-0.05, 0) is 41.8 Å². The molecule has 0 spiro atoms. The summed E-state index contributed by atoms with van der Waals surface area (Å²) in [6, 6.07) is 13.6. The Morgan fingerprint density at radius 3 is 2.50 bits per heavy atom. The maximum atomic E-state index is 11.4. The molecule has 0 aliphatic rings. The summed E-state index contributed by atoms with van der Waals surface area (Å²) in [5.41, 5.74) is 1.56. The molecule has 1 atom stereocenters. The fourth-order valence-corrected chi connectivity index (χ4v) is 2.09. The van der Waals surface area contributed by atoms with E-state index in [1.54, 1.807) is 19.2 Å². The van der Waals surface area contributed by atoms with E-state index in [2.05, 4.69) is 0 Å². The lowest BCUT2D eigenvalue weighted by Gasteiger charge is -2.13. The largest absolute Gasteiger partial charge is 0.508 e. The van der Waals surface area contributed by atoms with Crippen molar-refractivity contribution in [2.45, 2.75) is 12.3 Å². The zero-order chi connectivity index (χ0) is 14.5. The van der Waals surface area contributed by atoms with Crippen molar-refractivity contribution in [1.29, 1.82) is 0 Å². The van der Waals surface area contributed by atoms with Crippen molar-refractivity contribution in [2.75, 3.05) is 7.11 Å². The highest BCUT2D eigenvalue weighted by Crippen LogP contribution is 2.25. The summed E-state index contributed by atoms with van der Waals surface area (Å²) in [7, 11) is 1.58. The van der Waals surface area contributed by atoms with E-state index in [9.17, 15) is 15.0 Å². The number of carboxylic acid groups (broad SMARTS) is 1. The minimum absolute atomic E-state index is 0.124. The van der Waals surface area contributed by atoms with Gasteiger partial charge in [0.05, 0.1) is 13.0 Å². The van der Waals surface area contributed by atoms with Crippen LogP contribution in [0.15, 0.2) is 48.5 Å². The molecule has 104 valence electrons. The van der Waals surface area contributed by atoms with E-state index < -0.39 is 11.9 Å². The number of methoxy groups -OCH3 is 1. The van der Waals surface area contributed by atoms with Gasteiger partial charge in [-0.15, -0.1) is 0 Å². The number of hydrogen-bond donors (Lipinski definition) is 2. The van der Waals surface area contributed by atoms with Gasteiger partial charge in [-0.3, -0.25) is 4.79 Å². The number of carbonyl (C=O) groups is 1. The van der Waals surface area contributed by atoms with E-state index in [1.165, 1.54) is 12.1 Å². The van der Waals surface area contributed by atoms with Gasteiger partial charge in [0.15, 0.2) is 0 Å². The molecule has 4 heteroatoms. The third-order valence-corrected chi connectivity index (χ3v) is 3.17. The Kier molecular flexibility index (Phi) is 4.25. The number of aliphatic carboxylic acids is 1. The van der Waals surface area contributed by atoms with Gasteiger partial charge in [0.25, 0.3) is 0 Å². The monoisotopic (exact) mass is 272 g/mol. The van der Waals surface area contributed by atoms with Crippen LogP contribution in [0.3, 0.4) is 0 Å². The molecule has 0 aliphatic heterocycles. The number of phenols is 1. The van der Waals surface area contributed by atoms with Crippen LogP contribution in [-0.2, 0) is 11.2 Å². The van der Waals surface area contributed by atoms with E-state index in [0.29, 0.717) is 17.7 Å². The summed E-state index contributed by atoms with van der Waals surface area (Å²) in [6.07, 6.45) is 0.372. The second-order valence-corrected chi connectivity index (χ2v) is 4.54. The molecule has 2 rings (SSSR count).